The lowest BCUT2D eigenvalue weighted by Crippen LogP contribution is -2.44. The minimum atomic E-state index is 0.0460. The van der Waals surface area contributed by atoms with Crippen molar-refractivity contribution in [3.63, 3.8) is 0 Å². The van der Waals surface area contributed by atoms with Gasteiger partial charge in [0.05, 0.1) is 5.52 Å². The van der Waals surface area contributed by atoms with Crippen molar-refractivity contribution in [3.05, 3.63) is 24.3 Å². The molecule has 5 heteroatoms. The minimum Gasteiger partial charge on any atom is -0.368 e. The molecule has 0 aliphatic rings. The molecule has 1 aromatic carbocycles. The molecule has 0 radical (unpaired) electrons. The standard InChI is InChI=1S/C16H25N5/c1-6-17-15-19-13-10-8-7-9-12(13)14(20-15)18-11-16(2,3)21(4)5/h7-10H,6,11H2,1-5H3,(H2,17,18,19,20). The molecule has 0 bridgehead atoms. The van der Waals surface area contributed by atoms with Crippen molar-refractivity contribution in [2.75, 3.05) is 37.8 Å². The zero-order valence-electron chi connectivity index (χ0n) is 13.6. The van der Waals surface area contributed by atoms with Crippen LogP contribution in [0.2, 0.25) is 0 Å². The van der Waals surface area contributed by atoms with Gasteiger partial charge in [0.15, 0.2) is 0 Å². The normalized spacial score (nSPS) is 11.9. The highest BCUT2D eigenvalue weighted by Crippen LogP contribution is 2.22. The zero-order chi connectivity index (χ0) is 15.5. The van der Waals surface area contributed by atoms with Crippen LogP contribution in [0.25, 0.3) is 10.9 Å². The van der Waals surface area contributed by atoms with Gasteiger partial charge in [0.2, 0.25) is 5.95 Å². The van der Waals surface area contributed by atoms with Crippen LogP contribution in [-0.2, 0) is 0 Å². The third kappa shape index (κ3) is 3.61. The molecule has 21 heavy (non-hydrogen) atoms. The molecule has 0 atom stereocenters. The highest BCUT2D eigenvalue weighted by atomic mass is 15.2. The molecule has 2 aromatic rings. The maximum Gasteiger partial charge on any atom is 0.225 e. The van der Waals surface area contributed by atoms with E-state index in [9.17, 15) is 0 Å². The van der Waals surface area contributed by atoms with Crippen molar-refractivity contribution < 1.29 is 0 Å². The summed E-state index contributed by atoms with van der Waals surface area (Å²) in [7, 11) is 4.17. The zero-order valence-corrected chi connectivity index (χ0v) is 13.6. The van der Waals surface area contributed by atoms with Gasteiger partial charge in [0.1, 0.15) is 5.82 Å². The first-order valence-corrected chi connectivity index (χ1v) is 7.36. The number of aromatic nitrogens is 2. The summed E-state index contributed by atoms with van der Waals surface area (Å²) in [4.78, 5) is 11.3. The molecule has 1 heterocycles. The summed E-state index contributed by atoms with van der Waals surface area (Å²) in [6.07, 6.45) is 0. The van der Waals surface area contributed by atoms with E-state index in [4.69, 9.17) is 0 Å². The average molecular weight is 287 g/mol. The Morgan fingerprint density at radius 2 is 1.81 bits per heavy atom. The van der Waals surface area contributed by atoms with Gasteiger partial charge in [0.25, 0.3) is 0 Å². The Bertz CT molecular complexity index is 607. The fourth-order valence-electron chi connectivity index (χ4n) is 1.91. The Hall–Kier alpha value is -1.88. The molecule has 0 amide bonds. The lowest BCUT2D eigenvalue weighted by Gasteiger charge is -2.33. The average Bonchev–Trinajstić information content (AvgIpc) is 2.45. The number of likely N-dealkylation sites (N-methyl/N-ethyl adjacent to an activating group) is 1. The van der Waals surface area contributed by atoms with Crippen LogP contribution in [0, 0.1) is 0 Å². The van der Waals surface area contributed by atoms with Crippen molar-refractivity contribution >= 4 is 22.7 Å². The summed E-state index contributed by atoms with van der Waals surface area (Å²) in [5, 5.41) is 7.71. The molecular formula is C16H25N5. The summed E-state index contributed by atoms with van der Waals surface area (Å²) in [5.74, 6) is 1.55. The van der Waals surface area contributed by atoms with Gasteiger partial charge in [-0.3, -0.25) is 0 Å². The van der Waals surface area contributed by atoms with Gasteiger partial charge in [0, 0.05) is 24.0 Å². The highest BCUT2D eigenvalue weighted by Gasteiger charge is 2.20. The fraction of sp³-hybridized carbons (Fsp3) is 0.500. The smallest absolute Gasteiger partial charge is 0.225 e. The molecule has 0 saturated carbocycles. The molecule has 2 N–H and O–H groups in total. The van der Waals surface area contributed by atoms with Crippen molar-refractivity contribution in [1.82, 2.24) is 14.9 Å². The van der Waals surface area contributed by atoms with E-state index in [2.05, 4.69) is 59.5 Å². The summed E-state index contributed by atoms with van der Waals surface area (Å²) < 4.78 is 0. The number of hydrogen-bond acceptors (Lipinski definition) is 5. The van der Waals surface area contributed by atoms with E-state index in [1.165, 1.54) is 0 Å². The van der Waals surface area contributed by atoms with Crippen LogP contribution in [0.5, 0.6) is 0 Å². The number of para-hydroxylation sites is 1. The van der Waals surface area contributed by atoms with Gasteiger partial charge >= 0.3 is 0 Å². The SMILES string of the molecule is CCNc1nc(NCC(C)(C)N(C)C)c2ccccc2n1. The first kappa shape index (κ1) is 15.5. The van der Waals surface area contributed by atoms with Gasteiger partial charge in [-0.2, -0.15) is 4.98 Å². The first-order chi connectivity index (χ1) is 9.94. The maximum absolute atomic E-state index is 4.60. The molecule has 5 nitrogen and oxygen atoms in total. The molecule has 0 aliphatic carbocycles. The number of fused-ring (bicyclic) bond motifs is 1. The Morgan fingerprint density at radius 1 is 1.10 bits per heavy atom. The topological polar surface area (TPSA) is 53.1 Å². The van der Waals surface area contributed by atoms with E-state index in [0.717, 1.165) is 29.8 Å². The summed E-state index contributed by atoms with van der Waals surface area (Å²) in [6.45, 7) is 8.07. The predicted molar refractivity (Wildman–Crippen MR) is 90.0 cm³/mol. The lowest BCUT2D eigenvalue weighted by molar-refractivity contribution is 0.210. The fourth-order valence-corrected chi connectivity index (χ4v) is 1.91. The highest BCUT2D eigenvalue weighted by molar-refractivity contribution is 5.90. The Kier molecular flexibility index (Phi) is 4.63. The van der Waals surface area contributed by atoms with Gasteiger partial charge in [-0.15, -0.1) is 0 Å². The number of hydrogen-bond donors (Lipinski definition) is 2. The molecular weight excluding hydrogens is 262 g/mol. The van der Waals surface area contributed by atoms with Crippen LogP contribution in [0.4, 0.5) is 11.8 Å². The largest absolute Gasteiger partial charge is 0.368 e. The van der Waals surface area contributed by atoms with E-state index in [0.29, 0.717) is 5.95 Å². The van der Waals surface area contributed by atoms with Crippen LogP contribution >= 0.6 is 0 Å². The van der Waals surface area contributed by atoms with Gasteiger partial charge < -0.3 is 15.5 Å². The van der Waals surface area contributed by atoms with Crippen molar-refractivity contribution in [1.29, 1.82) is 0 Å². The van der Waals surface area contributed by atoms with Crippen LogP contribution in [0.15, 0.2) is 24.3 Å². The second-order valence-corrected chi connectivity index (χ2v) is 6.00. The summed E-state index contributed by atoms with van der Waals surface area (Å²) in [5.41, 5.74) is 0.998. The molecule has 0 saturated heterocycles. The van der Waals surface area contributed by atoms with Crippen LogP contribution < -0.4 is 10.6 Å². The van der Waals surface area contributed by atoms with Gasteiger partial charge in [-0.25, -0.2) is 4.98 Å². The number of nitrogens with zero attached hydrogens (tertiary/aromatic N) is 3. The molecule has 0 fully saturated rings. The van der Waals surface area contributed by atoms with Gasteiger partial charge in [-0.1, -0.05) is 12.1 Å². The van der Waals surface area contributed by atoms with Crippen LogP contribution in [0.3, 0.4) is 0 Å². The van der Waals surface area contributed by atoms with Crippen LogP contribution in [-0.4, -0.2) is 47.6 Å². The van der Waals surface area contributed by atoms with Crippen LogP contribution in [0.1, 0.15) is 20.8 Å². The number of benzene rings is 1. The third-order valence-electron chi connectivity index (χ3n) is 3.84. The Balaban J connectivity index is 2.33. The summed E-state index contributed by atoms with van der Waals surface area (Å²) in [6, 6.07) is 8.08. The van der Waals surface area contributed by atoms with Crippen molar-refractivity contribution in [2.24, 2.45) is 0 Å². The van der Waals surface area contributed by atoms with Crippen molar-refractivity contribution in [3.8, 4) is 0 Å². The summed E-state index contributed by atoms with van der Waals surface area (Å²) >= 11 is 0. The van der Waals surface area contributed by atoms with Gasteiger partial charge in [-0.05, 0) is 47.0 Å². The van der Waals surface area contributed by atoms with E-state index >= 15 is 0 Å². The Labute approximate surface area is 126 Å². The lowest BCUT2D eigenvalue weighted by atomic mass is 10.0. The van der Waals surface area contributed by atoms with E-state index in [-0.39, 0.29) is 5.54 Å². The molecule has 0 unspecified atom stereocenters. The predicted octanol–water partition coefficient (Wildman–Crippen LogP) is 2.81. The van der Waals surface area contributed by atoms with E-state index in [1.54, 1.807) is 0 Å². The maximum atomic E-state index is 4.60. The van der Waals surface area contributed by atoms with E-state index < -0.39 is 0 Å². The quantitative estimate of drug-likeness (QED) is 0.855. The first-order valence-electron chi connectivity index (χ1n) is 7.36. The molecule has 114 valence electrons. The second kappa shape index (κ2) is 6.26. The molecule has 2 rings (SSSR count). The van der Waals surface area contributed by atoms with E-state index in [1.807, 2.05) is 25.1 Å². The third-order valence-corrected chi connectivity index (χ3v) is 3.84. The monoisotopic (exact) mass is 287 g/mol. The molecule has 0 aliphatic heterocycles. The second-order valence-electron chi connectivity index (χ2n) is 6.00. The number of rotatable bonds is 6. The number of anilines is 2. The Morgan fingerprint density at radius 3 is 2.48 bits per heavy atom. The molecule has 1 aromatic heterocycles. The minimum absolute atomic E-state index is 0.0460. The molecule has 0 spiro atoms. The van der Waals surface area contributed by atoms with Crippen molar-refractivity contribution in [2.45, 2.75) is 26.3 Å². The number of nitrogens with one attached hydrogen (secondary N) is 2.